The Bertz CT molecular complexity index is 649. The van der Waals surface area contributed by atoms with Crippen molar-refractivity contribution >= 4 is 75.6 Å². The minimum Gasteiger partial charge on any atom is -0.455 e. The normalized spacial score (nSPS) is 22.1. The van der Waals surface area contributed by atoms with Crippen LogP contribution in [0.25, 0.3) is 0 Å². The number of ether oxygens (including phenoxy) is 1. The number of benzene rings is 1. The fourth-order valence-corrected chi connectivity index (χ4v) is 3.00. The van der Waals surface area contributed by atoms with Gasteiger partial charge in [-0.05, 0) is 19.1 Å². The van der Waals surface area contributed by atoms with E-state index in [9.17, 15) is 9.59 Å². The van der Waals surface area contributed by atoms with E-state index in [0.717, 1.165) is 0 Å². The molecule has 1 aliphatic carbocycles. The fraction of sp³-hybridized carbons (Fsp3) is 0.385. The number of carbonyl (C=O) groups is 2. The van der Waals surface area contributed by atoms with Gasteiger partial charge in [0.25, 0.3) is 5.91 Å². The molecule has 0 aliphatic heterocycles. The molecule has 0 bridgehead atoms. The highest BCUT2D eigenvalue weighted by Crippen LogP contribution is 2.64. The van der Waals surface area contributed by atoms with Gasteiger partial charge in [0, 0.05) is 6.42 Å². The van der Waals surface area contributed by atoms with Crippen LogP contribution in [0.2, 0.25) is 15.1 Å². The van der Waals surface area contributed by atoms with Gasteiger partial charge in [-0.15, -0.1) is 23.2 Å². The molecule has 9 heteroatoms. The van der Waals surface area contributed by atoms with Gasteiger partial charge in [0.15, 0.2) is 6.61 Å². The van der Waals surface area contributed by atoms with Crippen LogP contribution in [-0.2, 0) is 14.3 Å². The molecule has 1 aromatic rings. The number of anilines is 1. The first-order valence-electron chi connectivity index (χ1n) is 6.06. The Hall–Kier alpha value is -0.390. The molecule has 4 nitrogen and oxygen atoms in total. The second-order valence-electron chi connectivity index (χ2n) is 5.08. The summed E-state index contributed by atoms with van der Waals surface area (Å²) in [4.78, 5) is 23.6. The van der Waals surface area contributed by atoms with Crippen LogP contribution in [0, 0.1) is 5.41 Å². The third-order valence-corrected chi connectivity index (χ3v) is 5.46. The Morgan fingerprint density at radius 3 is 2.27 bits per heavy atom. The predicted molar refractivity (Wildman–Crippen MR) is 88.2 cm³/mol. The zero-order valence-corrected chi connectivity index (χ0v) is 15.0. The van der Waals surface area contributed by atoms with Crippen LogP contribution in [0.5, 0.6) is 0 Å². The Morgan fingerprint density at radius 2 is 1.73 bits per heavy atom. The molecule has 1 aromatic carbocycles. The number of esters is 1. The number of amides is 1. The van der Waals surface area contributed by atoms with Crippen molar-refractivity contribution in [3.8, 4) is 0 Å². The standard InChI is InChI=1S/C13H10Cl5NO3/c1-12(5-13(12,17)18)11(21)22-4-10(20)19-9-3-7(15)6(14)2-8(9)16/h2-3H,4-5H2,1H3,(H,19,20)/t12-/m0/s1. The quantitative estimate of drug-likeness (QED) is 0.448. The topological polar surface area (TPSA) is 55.4 Å². The first-order chi connectivity index (χ1) is 10.1. The van der Waals surface area contributed by atoms with Crippen molar-refractivity contribution in [2.45, 2.75) is 17.7 Å². The molecule has 1 saturated carbocycles. The summed E-state index contributed by atoms with van der Waals surface area (Å²) in [6, 6.07) is 2.80. The number of hydrogen-bond acceptors (Lipinski definition) is 3. The van der Waals surface area contributed by atoms with E-state index in [1.165, 1.54) is 12.1 Å². The smallest absolute Gasteiger partial charge is 0.315 e. The molecule has 0 saturated heterocycles. The summed E-state index contributed by atoms with van der Waals surface area (Å²) in [5.74, 6) is -1.21. The third-order valence-electron chi connectivity index (χ3n) is 3.33. The number of halogens is 5. The van der Waals surface area contributed by atoms with E-state index >= 15 is 0 Å². The van der Waals surface area contributed by atoms with E-state index in [1.807, 2.05) is 0 Å². The van der Waals surface area contributed by atoms with Crippen molar-refractivity contribution in [2.24, 2.45) is 5.41 Å². The number of hydrogen-bond donors (Lipinski definition) is 1. The van der Waals surface area contributed by atoms with Gasteiger partial charge < -0.3 is 10.1 Å². The molecule has 0 heterocycles. The average Bonchev–Trinajstić information content (AvgIpc) is 2.93. The van der Waals surface area contributed by atoms with Gasteiger partial charge >= 0.3 is 5.97 Å². The summed E-state index contributed by atoms with van der Waals surface area (Å²) in [6.07, 6.45) is 0.280. The zero-order valence-electron chi connectivity index (χ0n) is 11.2. The highest BCUT2D eigenvalue weighted by Gasteiger charge is 2.69. The Kier molecular flexibility index (Phi) is 5.10. The van der Waals surface area contributed by atoms with Crippen molar-refractivity contribution < 1.29 is 14.3 Å². The van der Waals surface area contributed by atoms with E-state index in [0.29, 0.717) is 0 Å². The first-order valence-corrected chi connectivity index (χ1v) is 7.95. The molecule has 1 aliphatic rings. The summed E-state index contributed by atoms with van der Waals surface area (Å²) < 4.78 is 3.77. The number of carbonyl (C=O) groups excluding carboxylic acids is 2. The van der Waals surface area contributed by atoms with Crippen LogP contribution in [0.3, 0.4) is 0 Å². The lowest BCUT2D eigenvalue weighted by Crippen LogP contribution is -2.26. The molecule has 120 valence electrons. The van der Waals surface area contributed by atoms with Crippen molar-refractivity contribution in [1.29, 1.82) is 0 Å². The van der Waals surface area contributed by atoms with Crippen molar-refractivity contribution in [2.75, 3.05) is 11.9 Å². The zero-order chi connectivity index (χ0) is 16.7. The van der Waals surface area contributed by atoms with Crippen LogP contribution in [0.4, 0.5) is 5.69 Å². The summed E-state index contributed by atoms with van der Waals surface area (Å²) in [5, 5.41) is 3.18. The fourth-order valence-electron chi connectivity index (χ4n) is 1.72. The second kappa shape index (κ2) is 6.25. The van der Waals surface area contributed by atoms with Crippen LogP contribution < -0.4 is 5.32 Å². The highest BCUT2D eigenvalue weighted by molar-refractivity contribution is 6.53. The van der Waals surface area contributed by atoms with Gasteiger partial charge in [0.05, 0.1) is 20.8 Å². The predicted octanol–water partition coefficient (Wildman–Crippen LogP) is 4.71. The number of nitrogens with one attached hydrogen (secondary N) is 1. The molecule has 1 amide bonds. The molecule has 1 atom stereocenters. The Labute approximate surface area is 151 Å². The van der Waals surface area contributed by atoms with E-state index in [-0.39, 0.29) is 27.2 Å². The Balaban J connectivity index is 1.92. The van der Waals surface area contributed by atoms with Crippen LogP contribution >= 0.6 is 58.0 Å². The molecule has 0 unspecified atom stereocenters. The molecule has 0 aromatic heterocycles. The lowest BCUT2D eigenvalue weighted by atomic mass is 10.1. The minimum atomic E-state index is -1.15. The highest BCUT2D eigenvalue weighted by atomic mass is 35.5. The van der Waals surface area contributed by atoms with E-state index < -0.39 is 28.2 Å². The van der Waals surface area contributed by atoms with Gasteiger partial charge in [-0.25, -0.2) is 0 Å². The van der Waals surface area contributed by atoms with Crippen molar-refractivity contribution in [3.63, 3.8) is 0 Å². The molecule has 22 heavy (non-hydrogen) atoms. The molecule has 0 spiro atoms. The monoisotopic (exact) mass is 403 g/mol. The van der Waals surface area contributed by atoms with E-state index in [2.05, 4.69) is 5.32 Å². The van der Waals surface area contributed by atoms with Crippen LogP contribution in [0.1, 0.15) is 13.3 Å². The van der Waals surface area contributed by atoms with Gasteiger partial charge in [-0.1, -0.05) is 34.8 Å². The molecular formula is C13H10Cl5NO3. The van der Waals surface area contributed by atoms with Crippen molar-refractivity contribution in [1.82, 2.24) is 0 Å². The third kappa shape index (κ3) is 3.57. The maximum atomic E-state index is 11.8. The van der Waals surface area contributed by atoms with Gasteiger partial charge in [-0.2, -0.15) is 0 Å². The molecule has 1 N–H and O–H groups in total. The van der Waals surface area contributed by atoms with Gasteiger partial charge in [0.2, 0.25) is 0 Å². The largest absolute Gasteiger partial charge is 0.455 e. The van der Waals surface area contributed by atoms with E-state index in [1.54, 1.807) is 6.92 Å². The van der Waals surface area contributed by atoms with Gasteiger partial charge in [0.1, 0.15) is 9.75 Å². The molecule has 2 rings (SSSR count). The summed E-state index contributed by atoms with van der Waals surface area (Å²) in [5.41, 5.74) is -0.726. The maximum absolute atomic E-state index is 11.8. The van der Waals surface area contributed by atoms with Crippen molar-refractivity contribution in [3.05, 3.63) is 27.2 Å². The van der Waals surface area contributed by atoms with Crippen LogP contribution in [-0.4, -0.2) is 22.8 Å². The van der Waals surface area contributed by atoms with Gasteiger partial charge in [-0.3, -0.25) is 9.59 Å². The molecule has 1 fully saturated rings. The molecule has 0 radical (unpaired) electrons. The average molecular weight is 405 g/mol. The summed E-state index contributed by atoms with van der Waals surface area (Å²) >= 11 is 29.3. The van der Waals surface area contributed by atoms with E-state index in [4.69, 9.17) is 62.7 Å². The maximum Gasteiger partial charge on any atom is 0.315 e. The summed E-state index contributed by atoms with van der Waals surface area (Å²) in [6.45, 7) is 1.08. The first kappa shape index (κ1) is 18.0. The van der Waals surface area contributed by atoms with Crippen LogP contribution in [0.15, 0.2) is 12.1 Å². The second-order valence-corrected chi connectivity index (χ2v) is 7.79. The lowest BCUT2D eigenvalue weighted by molar-refractivity contribution is -0.152. The number of alkyl halides is 2. The number of rotatable bonds is 4. The molecular weight excluding hydrogens is 395 g/mol. The SMILES string of the molecule is C[C@@]1(C(=O)OCC(=O)Nc2cc(Cl)c(Cl)cc2Cl)CC1(Cl)Cl. The lowest BCUT2D eigenvalue weighted by Gasteiger charge is -2.12. The minimum absolute atomic E-state index is 0.212. The summed E-state index contributed by atoms with van der Waals surface area (Å²) in [7, 11) is 0. The Morgan fingerprint density at radius 1 is 1.18 bits per heavy atom.